The van der Waals surface area contributed by atoms with Gasteiger partial charge in [-0.25, -0.2) is 4.39 Å². The second kappa shape index (κ2) is 7.59. The van der Waals surface area contributed by atoms with Crippen LogP contribution in [-0.4, -0.2) is 18.7 Å². The summed E-state index contributed by atoms with van der Waals surface area (Å²) in [6.07, 6.45) is 0. The summed E-state index contributed by atoms with van der Waals surface area (Å²) in [5.41, 5.74) is 4.99. The fourth-order valence-corrected chi connectivity index (χ4v) is 3.57. The quantitative estimate of drug-likeness (QED) is 0.441. The number of aryl methyl sites for hydroxylation is 1. The van der Waals surface area contributed by atoms with Gasteiger partial charge in [-0.2, -0.15) is 0 Å². The van der Waals surface area contributed by atoms with Crippen molar-refractivity contribution in [2.24, 2.45) is 0 Å². The Hall–Kier alpha value is -3.73. The predicted molar refractivity (Wildman–Crippen MR) is 115 cm³/mol. The van der Waals surface area contributed by atoms with E-state index in [1.165, 1.54) is 19.1 Å². The van der Waals surface area contributed by atoms with Crippen LogP contribution in [0.1, 0.15) is 33.2 Å². The first kappa shape index (κ1) is 19.6. The van der Waals surface area contributed by atoms with Crippen molar-refractivity contribution in [3.63, 3.8) is 0 Å². The molecule has 0 spiro atoms. The first-order valence-corrected chi connectivity index (χ1v) is 9.55. The Balaban J connectivity index is 1.95. The van der Waals surface area contributed by atoms with Gasteiger partial charge in [-0.1, -0.05) is 18.2 Å². The first-order valence-electron chi connectivity index (χ1n) is 9.55. The molecule has 1 N–H and O–H groups in total. The summed E-state index contributed by atoms with van der Waals surface area (Å²) in [6.45, 7) is 3.51. The molecule has 0 aliphatic heterocycles. The monoisotopic (exact) mass is 401 g/mol. The smallest absolute Gasteiger partial charge is 0.255 e. The number of carbonyl (C=O) groups excluding carboxylic acids is 2. The number of amides is 1. The molecule has 1 amide bonds. The minimum Gasteiger partial charge on any atom is -0.455 e. The van der Waals surface area contributed by atoms with E-state index in [9.17, 15) is 14.0 Å². The second-order valence-corrected chi connectivity index (χ2v) is 7.19. The van der Waals surface area contributed by atoms with Crippen LogP contribution in [0, 0.1) is 12.7 Å². The zero-order valence-corrected chi connectivity index (χ0v) is 16.9. The van der Waals surface area contributed by atoms with Crippen LogP contribution in [0.5, 0.6) is 0 Å². The van der Waals surface area contributed by atoms with Gasteiger partial charge < -0.3 is 9.73 Å². The summed E-state index contributed by atoms with van der Waals surface area (Å²) < 4.78 is 19.4. The van der Waals surface area contributed by atoms with Gasteiger partial charge in [0.15, 0.2) is 5.78 Å². The molecule has 0 fully saturated rings. The lowest BCUT2D eigenvalue weighted by molar-refractivity contribution is 0.0963. The Kier molecular flexibility index (Phi) is 4.96. The maximum atomic E-state index is 13.4. The number of carbonyl (C=O) groups is 2. The molecule has 0 radical (unpaired) electrons. The molecule has 0 saturated heterocycles. The first-order chi connectivity index (χ1) is 14.4. The van der Waals surface area contributed by atoms with Gasteiger partial charge in [0, 0.05) is 23.6 Å². The number of fused-ring (bicyclic) bond motifs is 1. The van der Waals surface area contributed by atoms with Crippen LogP contribution in [0.3, 0.4) is 0 Å². The maximum Gasteiger partial charge on any atom is 0.255 e. The molecule has 1 aromatic heterocycles. The Morgan fingerprint density at radius 2 is 1.63 bits per heavy atom. The molecular weight excluding hydrogens is 381 g/mol. The molecule has 0 unspecified atom stereocenters. The van der Waals surface area contributed by atoms with Crippen molar-refractivity contribution in [1.82, 2.24) is 5.32 Å². The van der Waals surface area contributed by atoms with Crippen molar-refractivity contribution in [1.29, 1.82) is 0 Å². The average Bonchev–Trinajstić information content (AvgIpc) is 3.12. The normalized spacial score (nSPS) is 10.9. The van der Waals surface area contributed by atoms with Gasteiger partial charge >= 0.3 is 0 Å². The minimum absolute atomic E-state index is 0.00900. The van der Waals surface area contributed by atoms with Crippen molar-refractivity contribution >= 4 is 22.7 Å². The highest BCUT2D eigenvalue weighted by Crippen LogP contribution is 2.37. The van der Waals surface area contributed by atoms with Gasteiger partial charge in [0.1, 0.15) is 17.2 Å². The fraction of sp³-hybridized carbons (Fsp3) is 0.120. The molecule has 150 valence electrons. The van der Waals surface area contributed by atoms with E-state index in [0.717, 1.165) is 16.7 Å². The van der Waals surface area contributed by atoms with Gasteiger partial charge in [-0.15, -0.1) is 0 Å². The summed E-state index contributed by atoms with van der Waals surface area (Å²) in [5, 5.41) is 3.31. The van der Waals surface area contributed by atoms with Crippen LogP contribution in [0.2, 0.25) is 0 Å². The summed E-state index contributed by atoms with van der Waals surface area (Å²) >= 11 is 0. The molecule has 1 heterocycles. The number of nitrogens with one attached hydrogen (secondary N) is 1. The largest absolute Gasteiger partial charge is 0.455 e. The van der Waals surface area contributed by atoms with Gasteiger partial charge in [0.2, 0.25) is 0 Å². The SMILES string of the molecule is CNC(=O)c1c(-c2ccc(F)cc2)oc2ccc(-c3cc(C(C)=O)ccc3C)cc12. The van der Waals surface area contributed by atoms with E-state index in [1.54, 1.807) is 25.2 Å². The molecule has 5 heteroatoms. The Morgan fingerprint density at radius 3 is 2.30 bits per heavy atom. The molecule has 0 aliphatic carbocycles. The molecule has 0 aliphatic rings. The molecule has 0 bridgehead atoms. The van der Waals surface area contributed by atoms with E-state index in [1.807, 2.05) is 37.3 Å². The van der Waals surface area contributed by atoms with Crippen LogP contribution in [0.4, 0.5) is 4.39 Å². The van der Waals surface area contributed by atoms with Crippen LogP contribution < -0.4 is 5.32 Å². The third-order valence-corrected chi connectivity index (χ3v) is 5.20. The molecular formula is C25H20FNO3. The van der Waals surface area contributed by atoms with E-state index in [4.69, 9.17) is 4.42 Å². The van der Waals surface area contributed by atoms with E-state index in [2.05, 4.69) is 5.32 Å². The van der Waals surface area contributed by atoms with Crippen molar-refractivity contribution in [2.45, 2.75) is 13.8 Å². The van der Waals surface area contributed by atoms with Crippen LogP contribution >= 0.6 is 0 Å². The number of hydrogen-bond donors (Lipinski definition) is 1. The van der Waals surface area contributed by atoms with Gasteiger partial charge in [0.05, 0.1) is 5.56 Å². The zero-order chi connectivity index (χ0) is 21.4. The Labute approximate surface area is 173 Å². The molecule has 0 saturated carbocycles. The van der Waals surface area contributed by atoms with Crippen LogP contribution in [0.15, 0.2) is 65.1 Å². The van der Waals surface area contributed by atoms with E-state index >= 15 is 0 Å². The third kappa shape index (κ3) is 3.39. The summed E-state index contributed by atoms with van der Waals surface area (Å²) in [4.78, 5) is 24.5. The van der Waals surface area contributed by atoms with Crippen LogP contribution in [0.25, 0.3) is 33.4 Å². The lowest BCUT2D eigenvalue weighted by Crippen LogP contribution is -2.18. The maximum absolute atomic E-state index is 13.4. The van der Waals surface area contributed by atoms with Crippen molar-refractivity contribution < 1.29 is 18.4 Å². The van der Waals surface area contributed by atoms with Crippen molar-refractivity contribution in [2.75, 3.05) is 7.05 Å². The third-order valence-electron chi connectivity index (χ3n) is 5.20. The second-order valence-electron chi connectivity index (χ2n) is 7.19. The van der Waals surface area contributed by atoms with Gasteiger partial charge in [-0.05, 0) is 73.0 Å². The number of Topliss-reactive ketones (excluding diaryl/α,β-unsaturated/α-hetero) is 1. The Morgan fingerprint density at radius 1 is 0.933 bits per heavy atom. The molecule has 3 aromatic carbocycles. The Bertz CT molecular complexity index is 1290. The molecule has 30 heavy (non-hydrogen) atoms. The topological polar surface area (TPSA) is 59.3 Å². The predicted octanol–water partition coefficient (Wildman–Crippen LogP) is 5.78. The number of ketones is 1. The fourth-order valence-electron chi connectivity index (χ4n) is 3.57. The molecule has 4 rings (SSSR count). The van der Waals surface area contributed by atoms with E-state index in [0.29, 0.717) is 33.4 Å². The van der Waals surface area contributed by atoms with Gasteiger partial charge in [-0.3, -0.25) is 9.59 Å². The highest BCUT2D eigenvalue weighted by atomic mass is 19.1. The molecule has 0 atom stereocenters. The van der Waals surface area contributed by atoms with E-state index < -0.39 is 0 Å². The summed E-state index contributed by atoms with van der Waals surface area (Å²) in [5.74, 6) is -0.278. The molecule has 4 nitrogen and oxygen atoms in total. The van der Waals surface area contributed by atoms with Crippen LogP contribution in [-0.2, 0) is 0 Å². The lowest BCUT2D eigenvalue weighted by atomic mass is 9.95. The van der Waals surface area contributed by atoms with Crippen molar-refractivity contribution in [3.05, 3.63) is 83.2 Å². The standard InChI is InChI=1S/C25H20FNO3/c1-14-4-5-17(15(2)28)12-20(14)18-8-11-22-21(13-18)23(25(29)27-3)24(30-22)16-6-9-19(26)10-7-16/h4-13H,1-3H3,(H,27,29). The number of benzene rings is 3. The average molecular weight is 401 g/mol. The zero-order valence-electron chi connectivity index (χ0n) is 16.9. The number of furan rings is 1. The summed E-state index contributed by atoms with van der Waals surface area (Å²) in [7, 11) is 1.56. The highest BCUT2D eigenvalue weighted by molar-refractivity contribution is 6.12. The number of halogens is 1. The molecule has 4 aromatic rings. The number of rotatable bonds is 4. The van der Waals surface area contributed by atoms with Crippen molar-refractivity contribution in [3.8, 4) is 22.5 Å². The highest BCUT2D eigenvalue weighted by Gasteiger charge is 2.22. The van der Waals surface area contributed by atoms with Gasteiger partial charge in [0.25, 0.3) is 5.91 Å². The lowest BCUT2D eigenvalue weighted by Gasteiger charge is -2.08. The van der Waals surface area contributed by atoms with E-state index in [-0.39, 0.29) is 17.5 Å². The summed E-state index contributed by atoms with van der Waals surface area (Å²) in [6, 6.07) is 17.0. The number of hydrogen-bond acceptors (Lipinski definition) is 3. The minimum atomic E-state index is -0.362.